The van der Waals surface area contributed by atoms with Crippen LogP contribution in [0.3, 0.4) is 0 Å². The highest BCUT2D eigenvalue weighted by molar-refractivity contribution is 9.10. The first-order valence-corrected chi connectivity index (χ1v) is 6.13. The fraction of sp³-hybridized carbons (Fsp3) is 0.333. The second kappa shape index (κ2) is 5.30. The first kappa shape index (κ1) is 10.6. The van der Waals surface area contributed by atoms with Gasteiger partial charge in [0.2, 0.25) is 0 Å². The molecule has 1 aromatic carbocycles. The second-order valence-electron chi connectivity index (χ2n) is 2.57. The molecular formula is C9H10Br2S. The van der Waals surface area contributed by atoms with Gasteiger partial charge in [-0.2, -0.15) is 0 Å². The van der Waals surface area contributed by atoms with Gasteiger partial charge < -0.3 is 0 Å². The van der Waals surface area contributed by atoms with E-state index in [0.29, 0.717) is 0 Å². The molecule has 0 nitrogen and oxygen atoms in total. The summed E-state index contributed by atoms with van der Waals surface area (Å²) in [5, 5.41) is 1.05. The van der Waals surface area contributed by atoms with Gasteiger partial charge in [-0.3, -0.25) is 0 Å². The summed E-state index contributed by atoms with van der Waals surface area (Å²) in [6, 6.07) is 6.15. The van der Waals surface area contributed by atoms with E-state index in [1.165, 1.54) is 10.0 Å². The zero-order valence-corrected chi connectivity index (χ0v) is 10.6. The quantitative estimate of drug-likeness (QED) is 0.631. The van der Waals surface area contributed by atoms with Crippen LogP contribution in [-0.4, -0.2) is 5.33 Å². The molecule has 0 heterocycles. The van der Waals surface area contributed by atoms with Gasteiger partial charge in [0.05, 0.1) is 0 Å². The maximum absolute atomic E-state index is 4.29. The van der Waals surface area contributed by atoms with E-state index in [0.717, 1.165) is 23.1 Å². The third-order valence-electron chi connectivity index (χ3n) is 1.61. The summed E-state index contributed by atoms with van der Waals surface area (Å²) in [6.07, 6.45) is 2.26. The molecule has 0 atom stereocenters. The van der Waals surface area contributed by atoms with Crippen LogP contribution < -0.4 is 0 Å². The second-order valence-corrected chi connectivity index (χ2v) is 4.73. The highest BCUT2D eigenvalue weighted by Gasteiger charge is 1.99. The minimum absolute atomic E-state index is 1.03. The molecule has 66 valence electrons. The lowest BCUT2D eigenvalue weighted by Gasteiger charge is -2.03. The van der Waals surface area contributed by atoms with Crippen LogP contribution in [0, 0.1) is 0 Å². The minimum Gasteiger partial charge on any atom is -0.143 e. The first-order chi connectivity index (χ1) is 5.74. The molecule has 1 rings (SSSR count). The van der Waals surface area contributed by atoms with Gasteiger partial charge in [0.1, 0.15) is 0 Å². The van der Waals surface area contributed by atoms with Crippen LogP contribution in [0.5, 0.6) is 0 Å². The predicted octanol–water partition coefficient (Wildman–Crippen LogP) is 4.07. The van der Waals surface area contributed by atoms with Crippen molar-refractivity contribution in [1.29, 1.82) is 0 Å². The van der Waals surface area contributed by atoms with Gasteiger partial charge in [-0.25, -0.2) is 0 Å². The average Bonchev–Trinajstić information content (AvgIpc) is 2.07. The van der Waals surface area contributed by atoms with Gasteiger partial charge >= 0.3 is 0 Å². The molecule has 0 bridgehead atoms. The van der Waals surface area contributed by atoms with Crippen LogP contribution in [0.2, 0.25) is 0 Å². The largest absolute Gasteiger partial charge is 0.143 e. The number of rotatable bonds is 3. The van der Waals surface area contributed by atoms with E-state index >= 15 is 0 Å². The van der Waals surface area contributed by atoms with Crippen LogP contribution >= 0.6 is 44.5 Å². The van der Waals surface area contributed by atoms with E-state index in [-0.39, 0.29) is 0 Å². The number of benzene rings is 1. The molecule has 0 aliphatic rings. The molecule has 0 aliphatic heterocycles. The summed E-state index contributed by atoms with van der Waals surface area (Å²) >= 11 is 11.2. The lowest BCUT2D eigenvalue weighted by molar-refractivity contribution is 0.929. The lowest BCUT2D eigenvalue weighted by atomic mass is 10.1. The molecule has 0 saturated carbocycles. The summed E-state index contributed by atoms with van der Waals surface area (Å²) in [5.41, 5.74) is 1.34. The van der Waals surface area contributed by atoms with Crippen molar-refractivity contribution in [3.8, 4) is 0 Å². The average molecular weight is 310 g/mol. The van der Waals surface area contributed by atoms with Crippen LogP contribution in [0.4, 0.5) is 0 Å². The van der Waals surface area contributed by atoms with Crippen LogP contribution in [0.25, 0.3) is 0 Å². The molecule has 1 aromatic rings. The van der Waals surface area contributed by atoms with E-state index in [1.54, 1.807) is 0 Å². The number of hydrogen-bond donors (Lipinski definition) is 1. The molecular weight excluding hydrogens is 300 g/mol. The normalized spacial score (nSPS) is 10.2. The monoisotopic (exact) mass is 308 g/mol. The molecule has 0 saturated heterocycles. The van der Waals surface area contributed by atoms with E-state index in [9.17, 15) is 0 Å². The Bertz CT molecular complexity index is 261. The molecule has 0 aromatic heterocycles. The predicted molar refractivity (Wildman–Crippen MR) is 63.5 cm³/mol. The van der Waals surface area contributed by atoms with Crippen molar-refractivity contribution >= 4 is 44.5 Å². The summed E-state index contributed by atoms with van der Waals surface area (Å²) in [6.45, 7) is 0. The molecule has 0 spiro atoms. The third-order valence-corrected chi connectivity index (χ3v) is 3.22. The van der Waals surface area contributed by atoms with Gasteiger partial charge in [0, 0.05) is 14.7 Å². The summed E-state index contributed by atoms with van der Waals surface area (Å²) in [4.78, 5) is 1.03. The van der Waals surface area contributed by atoms with Gasteiger partial charge in [-0.15, -0.1) is 12.6 Å². The van der Waals surface area contributed by atoms with Crippen LogP contribution in [0.1, 0.15) is 12.0 Å². The standard InChI is InChI=1S/C9H10Br2S/c10-5-1-2-7-6-8(12)3-4-9(7)11/h3-4,6,12H,1-2,5H2. The summed E-state index contributed by atoms with van der Waals surface area (Å²) < 4.78 is 1.18. The number of thiol groups is 1. The fourth-order valence-electron chi connectivity index (χ4n) is 1.01. The number of halogens is 2. The van der Waals surface area contributed by atoms with Crippen molar-refractivity contribution in [1.82, 2.24) is 0 Å². The zero-order valence-electron chi connectivity index (χ0n) is 6.56. The zero-order chi connectivity index (χ0) is 8.97. The van der Waals surface area contributed by atoms with Crippen LogP contribution in [-0.2, 0) is 6.42 Å². The fourth-order valence-corrected chi connectivity index (χ4v) is 1.97. The third kappa shape index (κ3) is 3.11. The van der Waals surface area contributed by atoms with Gasteiger partial charge in [0.15, 0.2) is 0 Å². The number of alkyl halides is 1. The number of hydrogen-bond acceptors (Lipinski definition) is 1. The lowest BCUT2D eigenvalue weighted by Crippen LogP contribution is -1.87. The molecule has 0 aliphatic carbocycles. The maximum atomic E-state index is 4.29. The Morgan fingerprint density at radius 1 is 1.33 bits per heavy atom. The van der Waals surface area contributed by atoms with Crippen molar-refractivity contribution in [2.24, 2.45) is 0 Å². The van der Waals surface area contributed by atoms with Crippen molar-refractivity contribution < 1.29 is 0 Å². The van der Waals surface area contributed by atoms with E-state index < -0.39 is 0 Å². The van der Waals surface area contributed by atoms with E-state index in [4.69, 9.17) is 0 Å². The molecule has 0 radical (unpaired) electrons. The van der Waals surface area contributed by atoms with E-state index in [1.807, 2.05) is 12.1 Å². The van der Waals surface area contributed by atoms with Gasteiger partial charge in [0.25, 0.3) is 0 Å². The highest BCUT2D eigenvalue weighted by atomic mass is 79.9. The Balaban J connectivity index is 2.75. The molecule has 12 heavy (non-hydrogen) atoms. The Labute approximate surface area is 95.4 Å². The molecule has 0 unspecified atom stereocenters. The van der Waals surface area contributed by atoms with Crippen molar-refractivity contribution in [3.63, 3.8) is 0 Å². The van der Waals surface area contributed by atoms with Crippen molar-refractivity contribution in [3.05, 3.63) is 28.2 Å². The molecule has 0 N–H and O–H groups in total. The van der Waals surface area contributed by atoms with E-state index in [2.05, 4.69) is 50.6 Å². The topological polar surface area (TPSA) is 0 Å². The molecule has 0 fully saturated rings. The molecule has 0 amide bonds. The summed E-state index contributed by atoms with van der Waals surface area (Å²) in [5.74, 6) is 0. The first-order valence-electron chi connectivity index (χ1n) is 3.77. The Morgan fingerprint density at radius 3 is 2.75 bits per heavy atom. The van der Waals surface area contributed by atoms with Crippen LogP contribution in [0.15, 0.2) is 27.6 Å². The van der Waals surface area contributed by atoms with Gasteiger partial charge in [-0.1, -0.05) is 31.9 Å². The Morgan fingerprint density at radius 2 is 2.08 bits per heavy atom. The highest BCUT2D eigenvalue weighted by Crippen LogP contribution is 2.21. The smallest absolute Gasteiger partial charge is 0.0208 e. The van der Waals surface area contributed by atoms with Crippen molar-refractivity contribution in [2.45, 2.75) is 17.7 Å². The van der Waals surface area contributed by atoms with Crippen molar-refractivity contribution in [2.75, 3.05) is 5.33 Å². The SMILES string of the molecule is Sc1ccc(Br)c(CCCBr)c1. The minimum atomic E-state index is 1.03. The Hall–Kier alpha value is 0.530. The van der Waals surface area contributed by atoms with Gasteiger partial charge in [-0.05, 0) is 36.6 Å². The Kier molecular flexibility index (Phi) is 4.69. The number of aryl methyl sites for hydroxylation is 1. The molecule has 3 heteroatoms. The summed E-state index contributed by atoms with van der Waals surface area (Å²) in [7, 11) is 0. The maximum Gasteiger partial charge on any atom is 0.0208 e.